The third-order valence-electron chi connectivity index (χ3n) is 3.36. The normalized spacial score (nSPS) is 12.2. The fourth-order valence-electron chi connectivity index (χ4n) is 1.97. The largest absolute Gasteiger partial charge is 0.489 e. The fraction of sp³-hybridized carbons (Fsp3) is 0.294. The van der Waals surface area contributed by atoms with Gasteiger partial charge in [0.25, 0.3) is 0 Å². The first-order chi connectivity index (χ1) is 10.1. The van der Waals surface area contributed by atoms with E-state index in [4.69, 9.17) is 10.5 Å². The molecule has 0 aliphatic heterocycles. The Bertz CT molecular complexity index is 584. The van der Waals surface area contributed by atoms with E-state index in [1.54, 1.807) is 0 Å². The van der Waals surface area contributed by atoms with E-state index < -0.39 is 11.6 Å². The zero-order chi connectivity index (χ0) is 15.2. The minimum absolute atomic E-state index is 0.0694. The Labute approximate surface area is 123 Å². The minimum Gasteiger partial charge on any atom is -0.489 e. The summed E-state index contributed by atoms with van der Waals surface area (Å²) in [6.07, 6.45) is 1.76. The van der Waals surface area contributed by atoms with Crippen LogP contribution in [0.5, 0.6) is 5.75 Å². The highest BCUT2D eigenvalue weighted by atomic mass is 19.1. The summed E-state index contributed by atoms with van der Waals surface area (Å²) in [5.74, 6) is -0.541. The van der Waals surface area contributed by atoms with Crippen LogP contribution in [0.3, 0.4) is 0 Å². The van der Waals surface area contributed by atoms with Crippen LogP contribution in [0, 0.1) is 11.6 Å². The van der Waals surface area contributed by atoms with Gasteiger partial charge in [-0.05, 0) is 42.7 Å². The Morgan fingerprint density at radius 1 is 1.10 bits per heavy atom. The molecule has 2 aromatic carbocycles. The van der Waals surface area contributed by atoms with E-state index in [0.29, 0.717) is 11.3 Å². The first kappa shape index (κ1) is 15.4. The number of hydrogen-bond acceptors (Lipinski definition) is 2. The number of hydrogen-bond donors (Lipinski definition) is 1. The topological polar surface area (TPSA) is 35.2 Å². The second kappa shape index (κ2) is 7.18. The molecule has 1 unspecified atom stereocenters. The van der Waals surface area contributed by atoms with Crippen molar-refractivity contribution in [2.45, 2.75) is 32.4 Å². The molecular weight excluding hydrogens is 272 g/mol. The standard InChI is InChI=1S/C17H19F2NO/c1-2-15(20)9-12-3-7-16(8-4-12)21-11-13-5-6-14(18)10-17(13)19/h3-8,10,15H,2,9,11,20H2,1H3. The lowest BCUT2D eigenvalue weighted by atomic mass is 10.0. The molecule has 0 aromatic heterocycles. The average Bonchev–Trinajstić information content (AvgIpc) is 2.48. The van der Waals surface area contributed by atoms with Gasteiger partial charge in [0.15, 0.2) is 0 Å². The number of ether oxygens (including phenoxy) is 1. The van der Waals surface area contributed by atoms with Gasteiger partial charge >= 0.3 is 0 Å². The van der Waals surface area contributed by atoms with Crippen molar-refractivity contribution in [3.8, 4) is 5.75 Å². The summed E-state index contributed by atoms with van der Waals surface area (Å²) in [6.45, 7) is 2.12. The van der Waals surface area contributed by atoms with Crippen LogP contribution in [0.15, 0.2) is 42.5 Å². The molecule has 2 rings (SSSR count). The quantitative estimate of drug-likeness (QED) is 0.878. The van der Waals surface area contributed by atoms with Crippen molar-refractivity contribution >= 4 is 0 Å². The molecule has 112 valence electrons. The van der Waals surface area contributed by atoms with Crippen molar-refractivity contribution in [1.82, 2.24) is 0 Å². The van der Waals surface area contributed by atoms with Crippen LogP contribution in [-0.2, 0) is 13.0 Å². The fourth-order valence-corrected chi connectivity index (χ4v) is 1.97. The summed E-state index contributed by atoms with van der Waals surface area (Å²) < 4.78 is 31.8. The second-order valence-corrected chi connectivity index (χ2v) is 5.04. The van der Waals surface area contributed by atoms with Crippen LogP contribution in [0.25, 0.3) is 0 Å². The van der Waals surface area contributed by atoms with Gasteiger partial charge in [0.2, 0.25) is 0 Å². The van der Waals surface area contributed by atoms with Gasteiger partial charge in [-0.25, -0.2) is 8.78 Å². The Hall–Kier alpha value is -1.94. The van der Waals surface area contributed by atoms with E-state index in [1.165, 1.54) is 12.1 Å². The molecule has 2 N–H and O–H groups in total. The monoisotopic (exact) mass is 291 g/mol. The molecule has 0 spiro atoms. The maximum Gasteiger partial charge on any atom is 0.132 e. The van der Waals surface area contributed by atoms with E-state index in [-0.39, 0.29) is 12.6 Å². The van der Waals surface area contributed by atoms with E-state index in [9.17, 15) is 8.78 Å². The summed E-state index contributed by atoms with van der Waals surface area (Å²) in [7, 11) is 0. The van der Waals surface area contributed by atoms with Crippen LogP contribution in [-0.4, -0.2) is 6.04 Å². The molecule has 0 aliphatic rings. The maximum absolute atomic E-state index is 13.5. The second-order valence-electron chi connectivity index (χ2n) is 5.04. The van der Waals surface area contributed by atoms with Crippen molar-refractivity contribution in [3.63, 3.8) is 0 Å². The highest BCUT2D eigenvalue weighted by Crippen LogP contribution is 2.17. The molecule has 21 heavy (non-hydrogen) atoms. The minimum atomic E-state index is -0.597. The summed E-state index contributed by atoms with van der Waals surface area (Å²) in [4.78, 5) is 0. The summed E-state index contributed by atoms with van der Waals surface area (Å²) in [5, 5.41) is 0. The molecule has 0 saturated heterocycles. The zero-order valence-electron chi connectivity index (χ0n) is 12.0. The summed E-state index contributed by atoms with van der Waals surface area (Å²) in [5.41, 5.74) is 7.37. The molecule has 0 bridgehead atoms. The van der Waals surface area contributed by atoms with Gasteiger partial charge in [0.1, 0.15) is 24.0 Å². The van der Waals surface area contributed by atoms with E-state index in [2.05, 4.69) is 6.92 Å². The van der Waals surface area contributed by atoms with Gasteiger partial charge < -0.3 is 10.5 Å². The van der Waals surface area contributed by atoms with Gasteiger partial charge in [-0.15, -0.1) is 0 Å². The van der Waals surface area contributed by atoms with Crippen LogP contribution in [0.1, 0.15) is 24.5 Å². The zero-order valence-corrected chi connectivity index (χ0v) is 12.0. The summed E-state index contributed by atoms with van der Waals surface area (Å²) >= 11 is 0. The van der Waals surface area contributed by atoms with Gasteiger partial charge in [-0.3, -0.25) is 0 Å². The number of halogens is 2. The Morgan fingerprint density at radius 2 is 1.81 bits per heavy atom. The molecule has 2 aromatic rings. The van der Waals surface area contributed by atoms with Crippen LogP contribution >= 0.6 is 0 Å². The molecule has 0 radical (unpaired) electrons. The Morgan fingerprint density at radius 3 is 2.43 bits per heavy atom. The first-order valence-electron chi connectivity index (χ1n) is 6.99. The first-order valence-corrected chi connectivity index (χ1v) is 6.99. The van der Waals surface area contributed by atoms with Crippen LogP contribution in [0.2, 0.25) is 0 Å². The SMILES string of the molecule is CCC(N)Cc1ccc(OCc2ccc(F)cc2F)cc1. The lowest BCUT2D eigenvalue weighted by Gasteiger charge is -2.10. The third-order valence-corrected chi connectivity index (χ3v) is 3.36. The number of nitrogens with two attached hydrogens (primary N) is 1. The van der Waals surface area contributed by atoms with E-state index >= 15 is 0 Å². The van der Waals surface area contributed by atoms with Gasteiger partial charge in [0.05, 0.1) is 0 Å². The van der Waals surface area contributed by atoms with Crippen molar-refractivity contribution in [2.75, 3.05) is 0 Å². The predicted octanol–water partition coefficient (Wildman–Crippen LogP) is 3.82. The molecule has 4 heteroatoms. The predicted molar refractivity (Wildman–Crippen MR) is 79.1 cm³/mol. The van der Waals surface area contributed by atoms with Crippen LogP contribution < -0.4 is 10.5 Å². The van der Waals surface area contributed by atoms with Gasteiger partial charge in [-0.1, -0.05) is 19.1 Å². The summed E-state index contributed by atoms with van der Waals surface area (Å²) in [6, 6.07) is 11.2. The molecule has 0 fully saturated rings. The Kier molecular flexibility index (Phi) is 5.28. The maximum atomic E-state index is 13.5. The average molecular weight is 291 g/mol. The molecule has 0 saturated carbocycles. The van der Waals surface area contributed by atoms with E-state index in [0.717, 1.165) is 24.5 Å². The van der Waals surface area contributed by atoms with E-state index in [1.807, 2.05) is 24.3 Å². The molecule has 1 atom stereocenters. The van der Waals surface area contributed by atoms with Crippen LogP contribution in [0.4, 0.5) is 8.78 Å². The number of rotatable bonds is 6. The lowest BCUT2D eigenvalue weighted by molar-refractivity contribution is 0.299. The molecule has 0 aliphatic carbocycles. The number of benzene rings is 2. The van der Waals surface area contributed by atoms with Crippen molar-refractivity contribution in [2.24, 2.45) is 5.73 Å². The lowest BCUT2D eigenvalue weighted by Crippen LogP contribution is -2.21. The highest BCUT2D eigenvalue weighted by Gasteiger charge is 2.05. The molecular formula is C17H19F2NO. The molecule has 2 nitrogen and oxygen atoms in total. The molecule has 0 heterocycles. The van der Waals surface area contributed by atoms with Crippen molar-refractivity contribution in [3.05, 3.63) is 65.2 Å². The Balaban J connectivity index is 1.94. The van der Waals surface area contributed by atoms with Crippen molar-refractivity contribution < 1.29 is 13.5 Å². The third kappa shape index (κ3) is 4.53. The van der Waals surface area contributed by atoms with Gasteiger partial charge in [0, 0.05) is 17.7 Å². The smallest absolute Gasteiger partial charge is 0.132 e. The van der Waals surface area contributed by atoms with Crippen molar-refractivity contribution in [1.29, 1.82) is 0 Å². The highest BCUT2D eigenvalue weighted by molar-refractivity contribution is 5.28. The molecule has 0 amide bonds. The van der Waals surface area contributed by atoms with Gasteiger partial charge in [-0.2, -0.15) is 0 Å².